The van der Waals surface area contributed by atoms with E-state index in [1.54, 1.807) is 6.07 Å². The second-order valence-corrected chi connectivity index (χ2v) is 6.30. The zero-order valence-corrected chi connectivity index (χ0v) is 13.4. The van der Waals surface area contributed by atoms with Crippen LogP contribution >= 0.6 is 39.7 Å². The smallest absolute Gasteiger partial charge is 0.255 e. The van der Waals surface area contributed by atoms with Gasteiger partial charge in [0.1, 0.15) is 0 Å². The summed E-state index contributed by atoms with van der Waals surface area (Å²) >= 11 is 14.4. The predicted molar refractivity (Wildman–Crippen MR) is 84.6 cm³/mol. The molecule has 2 rings (SSSR count). The molecular formula is C13H14BrClN2OS. The fourth-order valence-electron chi connectivity index (χ4n) is 1.89. The minimum atomic E-state index is -0.0509. The van der Waals surface area contributed by atoms with E-state index in [1.165, 1.54) is 0 Å². The van der Waals surface area contributed by atoms with E-state index in [9.17, 15) is 4.79 Å². The first kappa shape index (κ1) is 14.8. The van der Waals surface area contributed by atoms with Crippen LogP contribution in [0.4, 0.5) is 0 Å². The van der Waals surface area contributed by atoms with Crippen molar-refractivity contribution in [1.82, 2.24) is 4.90 Å². The predicted octanol–water partition coefficient (Wildman–Crippen LogP) is 3.38. The van der Waals surface area contributed by atoms with E-state index in [1.807, 2.05) is 17.0 Å². The molecule has 6 heteroatoms. The third kappa shape index (κ3) is 3.68. The average Bonchev–Trinajstić information content (AvgIpc) is 3.17. The van der Waals surface area contributed by atoms with Gasteiger partial charge in [-0.1, -0.05) is 29.9 Å². The highest BCUT2D eigenvalue weighted by atomic mass is 79.9. The maximum absolute atomic E-state index is 12.5. The first-order valence-corrected chi connectivity index (χ1v) is 7.62. The van der Waals surface area contributed by atoms with Gasteiger partial charge >= 0.3 is 0 Å². The number of nitrogens with zero attached hydrogens (tertiary/aromatic N) is 1. The molecule has 19 heavy (non-hydrogen) atoms. The summed E-state index contributed by atoms with van der Waals surface area (Å²) in [6.07, 6.45) is 2.62. The van der Waals surface area contributed by atoms with E-state index in [0.717, 1.165) is 17.3 Å². The van der Waals surface area contributed by atoms with E-state index >= 15 is 0 Å². The standard InChI is InChI=1S/C13H14BrClN2OS/c14-10-3-1-2-9(12(10)15)13(18)17(8-4-5-8)7-6-11(16)19/h1-3,8H,4-7H2,(H2,16,19). The van der Waals surface area contributed by atoms with Crippen LogP contribution < -0.4 is 5.73 Å². The third-order valence-electron chi connectivity index (χ3n) is 3.03. The molecule has 1 amide bonds. The fraction of sp³-hybridized carbons (Fsp3) is 0.385. The molecule has 0 aromatic heterocycles. The lowest BCUT2D eigenvalue weighted by Gasteiger charge is -2.23. The number of benzene rings is 1. The largest absolute Gasteiger partial charge is 0.393 e. The Morgan fingerprint density at radius 1 is 1.53 bits per heavy atom. The van der Waals surface area contributed by atoms with Gasteiger partial charge in [0.05, 0.1) is 15.6 Å². The third-order valence-corrected chi connectivity index (χ3v) is 4.53. The highest BCUT2D eigenvalue weighted by Crippen LogP contribution is 2.32. The first-order chi connectivity index (χ1) is 9.00. The number of thiocarbonyl (C=S) groups is 1. The summed E-state index contributed by atoms with van der Waals surface area (Å²) < 4.78 is 0.727. The lowest BCUT2D eigenvalue weighted by Crippen LogP contribution is -2.35. The van der Waals surface area contributed by atoms with Crippen molar-refractivity contribution in [2.75, 3.05) is 6.54 Å². The summed E-state index contributed by atoms with van der Waals surface area (Å²) in [5, 5.41) is 0.452. The number of amides is 1. The normalized spacial score (nSPS) is 14.2. The van der Waals surface area contributed by atoms with Gasteiger partial charge in [0.2, 0.25) is 0 Å². The molecule has 1 aliphatic rings. The van der Waals surface area contributed by atoms with Crippen molar-refractivity contribution in [1.29, 1.82) is 0 Å². The van der Waals surface area contributed by atoms with Crippen LogP contribution in [-0.4, -0.2) is 28.4 Å². The van der Waals surface area contributed by atoms with E-state index < -0.39 is 0 Å². The molecule has 0 unspecified atom stereocenters. The highest BCUT2D eigenvalue weighted by Gasteiger charge is 2.33. The van der Waals surface area contributed by atoms with Crippen LogP contribution in [0.2, 0.25) is 5.02 Å². The van der Waals surface area contributed by atoms with Crippen LogP contribution in [0.25, 0.3) is 0 Å². The fourth-order valence-corrected chi connectivity index (χ4v) is 2.55. The molecule has 0 spiro atoms. The van der Waals surface area contributed by atoms with Crippen LogP contribution in [0, 0.1) is 0 Å². The molecule has 0 atom stereocenters. The van der Waals surface area contributed by atoms with Gasteiger partial charge in [-0.3, -0.25) is 4.79 Å². The topological polar surface area (TPSA) is 46.3 Å². The van der Waals surface area contributed by atoms with Gasteiger partial charge in [-0.05, 0) is 40.9 Å². The minimum absolute atomic E-state index is 0.0509. The summed E-state index contributed by atoms with van der Waals surface area (Å²) in [5.41, 5.74) is 6.03. The van der Waals surface area contributed by atoms with E-state index in [0.29, 0.717) is 34.6 Å². The zero-order chi connectivity index (χ0) is 14.0. The molecular weight excluding hydrogens is 348 g/mol. The molecule has 1 saturated carbocycles. The molecule has 0 radical (unpaired) electrons. The Balaban J connectivity index is 2.19. The molecule has 0 bridgehead atoms. The summed E-state index contributed by atoms with van der Waals surface area (Å²) in [6.45, 7) is 0.557. The SMILES string of the molecule is NC(=S)CCN(C(=O)c1cccc(Br)c1Cl)C1CC1. The van der Waals surface area contributed by atoms with Crippen molar-refractivity contribution in [3.63, 3.8) is 0 Å². The summed E-state index contributed by atoms with van der Waals surface area (Å²) in [7, 11) is 0. The van der Waals surface area contributed by atoms with E-state index in [4.69, 9.17) is 29.6 Å². The van der Waals surface area contributed by atoms with Gasteiger partial charge in [0, 0.05) is 23.5 Å². The molecule has 1 fully saturated rings. The van der Waals surface area contributed by atoms with Crippen molar-refractivity contribution in [2.24, 2.45) is 5.73 Å². The molecule has 3 nitrogen and oxygen atoms in total. The maximum atomic E-state index is 12.5. The van der Waals surface area contributed by atoms with Crippen LogP contribution in [0.15, 0.2) is 22.7 Å². The molecule has 0 saturated heterocycles. The molecule has 2 N–H and O–H groups in total. The van der Waals surface area contributed by atoms with Gasteiger partial charge in [-0.15, -0.1) is 0 Å². The van der Waals surface area contributed by atoms with Crippen molar-refractivity contribution >= 4 is 50.6 Å². The molecule has 1 aromatic carbocycles. The van der Waals surface area contributed by atoms with Crippen LogP contribution in [0.3, 0.4) is 0 Å². The summed E-state index contributed by atoms with van der Waals surface area (Å²) in [5.74, 6) is -0.0509. The monoisotopic (exact) mass is 360 g/mol. The van der Waals surface area contributed by atoms with Crippen molar-refractivity contribution in [3.8, 4) is 0 Å². The van der Waals surface area contributed by atoms with E-state index in [-0.39, 0.29) is 5.91 Å². The Kier molecular flexibility index (Phi) is 4.81. The quantitative estimate of drug-likeness (QED) is 0.818. The summed E-state index contributed by atoms with van der Waals surface area (Å²) in [4.78, 5) is 14.8. The van der Waals surface area contributed by atoms with Crippen LogP contribution in [0.5, 0.6) is 0 Å². The van der Waals surface area contributed by atoms with Gasteiger partial charge < -0.3 is 10.6 Å². The Hall–Kier alpha value is -0.650. The molecule has 102 valence electrons. The summed E-state index contributed by atoms with van der Waals surface area (Å²) in [6, 6.07) is 5.67. The average molecular weight is 362 g/mol. The molecule has 1 aliphatic carbocycles. The second kappa shape index (κ2) is 6.20. The Morgan fingerprint density at radius 2 is 2.21 bits per heavy atom. The van der Waals surface area contributed by atoms with Crippen molar-refractivity contribution < 1.29 is 4.79 Å². The Bertz CT molecular complexity index is 519. The van der Waals surface area contributed by atoms with Crippen molar-refractivity contribution in [3.05, 3.63) is 33.3 Å². The van der Waals surface area contributed by atoms with Gasteiger partial charge in [-0.2, -0.15) is 0 Å². The number of hydrogen-bond acceptors (Lipinski definition) is 2. The van der Waals surface area contributed by atoms with Gasteiger partial charge in [0.15, 0.2) is 0 Å². The number of rotatable bonds is 5. The highest BCUT2D eigenvalue weighted by molar-refractivity contribution is 9.10. The lowest BCUT2D eigenvalue weighted by atomic mass is 10.2. The van der Waals surface area contributed by atoms with Crippen molar-refractivity contribution in [2.45, 2.75) is 25.3 Å². The number of nitrogens with two attached hydrogens (primary N) is 1. The van der Waals surface area contributed by atoms with Gasteiger partial charge in [-0.25, -0.2) is 0 Å². The Labute approximate surface area is 131 Å². The maximum Gasteiger partial charge on any atom is 0.255 e. The lowest BCUT2D eigenvalue weighted by molar-refractivity contribution is 0.0748. The number of carbonyl (C=O) groups excluding carboxylic acids is 1. The first-order valence-electron chi connectivity index (χ1n) is 6.04. The number of halogens is 2. The van der Waals surface area contributed by atoms with Gasteiger partial charge in [0.25, 0.3) is 5.91 Å². The zero-order valence-electron chi connectivity index (χ0n) is 10.2. The van der Waals surface area contributed by atoms with Crippen LogP contribution in [-0.2, 0) is 0 Å². The van der Waals surface area contributed by atoms with E-state index in [2.05, 4.69) is 15.9 Å². The Morgan fingerprint density at radius 3 is 2.79 bits per heavy atom. The second-order valence-electron chi connectivity index (χ2n) is 4.55. The number of carbonyl (C=O) groups is 1. The molecule has 1 aromatic rings. The number of hydrogen-bond donors (Lipinski definition) is 1. The van der Waals surface area contributed by atoms with Crippen LogP contribution in [0.1, 0.15) is 29.6 Å². The molecule has 0 aliphatic heterocycles. The minimum Gasteiger partial charge on any atom is -0.393 e. The molecule has 0 heterocycles.